The lowest BCUT2D eigenvalue weighted by molar-refractivity contribution is 0.0376. The number of anilines is 1. The molecule has 0 saturated carbocycles. The van der Waals surface area contributed by atoms with Gasteiger partial charge in [-0.1, -0.05) is 17.4 Å². The van der Waals surface area contributed by atoms with Crippen LogP contribution in [0, 0.1) is 5.82 Å². The van der Waals surface area contributed by atoms with E-state index in [1.54, 1.807) is 35.0 Å². The fourth-order valence-corrected chi connectivity index (χ4v) is 4.31. The summed E-state index contributed by atoms with van der Waals surface area (Å²) >= 11 is 1.33. The maximum absolute atomic E-state index is 14.1. The van der Waals surface area contributed by atoms with E-state index in [1.165, 1.54) is 17.4 Å². The lowest BCUT2D eigenvalue weighted by Crippen LogP contribution is -2.39. The fourth-order valence-electron chi connectivity index (χ4n) is 3.30. The van der Waals surface area contributed by atoms with Gasteiger partial charge in [0.15, 0.2) is 5.13 Å². The number of carbonyl (C=O) groups excluding carboxylic acids is 1. The van der Waals surface area contributed by atoms with Gasteiger partial charge in [0.1, 0.15) is 17.0 Å². The maximum atomic E-state index is 14.1. The Hall–Kier alpha value is -2.36. The first-order chi connectivity index (χ1) is 13.6. The highest BCUT2D eigenvalue weighted by Gasteiger charge is 2.24. The van der Waals surface area contributed by atoms with Crippen LogP contribution in [0.5, 0.6) is 0 Å². The van der Waals surface area contributed by atoms with Crippen LogP contribution in [0.3, 0.4) is 0 Å². The molecule has 0 radical (unpaired) electrons. The molecule has 28 heavy (non-hydrogen) atoms. The normalized spacial score (nSPS) is 15.2. The van der Waals surface area contributed by atoms with Crippen molar-refractivity contribution in [3.05, 3.63) is 42.0 Å². The number of benzene rings is 1. The highest BCUT2D eigenvalue weighted by molar-refractivity contribution is 7.22. The summed E-state index contributed by atoms with van der Waals surface area (Å²) in [4.78, 5) is 21.6. The summed E-state index contributed by atoms with van der Waals surface area (Å²) in [5.41, 5.74) is 0.782. The summed E-state index contributed by atoms with van der Waals surface area (Å²) in [5, 5.41) is 4.60. The number of hydrogen-bond donors (Lipinski definition) is 0. The van der Waals surface area contributed by atoms with Crippen molar-refractivity contribution in [1.29, 1.82) is 0 Å². The molecular formula is C19H22FN5O2S. The summed E-state index contributed by atoms with van der Waals surface area (Å²) in [6.07, 6.45) is 2.39. The smallest absolute Gasteiger partial charge is 0.278 e. The number of aryl methyl sites for hydroxylation is 1. The van der Waals surface area contributed by atoms with Gasteiger partial charge in [-0.2, -0.15) is 5.10 Å². The Bertz CT molecular complexity index is 966. The van der Waals surface area contributed by atoms with Crippen molar-refractivity contribution < 1.29 is 13.9 Å². The molecule has 1 aromatic carbocycles. The highest BCUT2D eigenvalue weighted by Crippen LogP contribution is 2.31. The first-order valence-electron chi connectivity index (χ1n) is 9.28. The molecule has 3 heterocycles. The van der Waals surface area contributed by atoms with Gasteiger partial charge in [-0.25, -0.2) is 9.37 Å². The third-order valence-corrected chi connectivity index (χ3v) is 5.88. The molecule has 1 amide bonds. The standard InChI is InChI=1S/C19H22FN5O2S/c1-23-15(6-7-21-23)18(26)25(9-3-8-24-10-12-27-13-11-24)19-22-17-14(20)4-2-5-16(17)28-19/h2,4-7H,3,8-13H2,1H3. The Labute approximate surface area is 166 Å². The van der Waals surface area contributed by atoms with Gasteiger partial charge in [0, 0.05) is 39.4 Å². The van der Waals surface area contributed by atoms with E-state index in [-0.39, 0.29) is 11.7 Å². The number of morpholine rings is 1. The van der Waals surface area contributed by atoms with Gasteiger partial charge in [0.05, 0.1) is 17.9 Å². The monoisotopic (exact) mass is 403 g/mol. The van der Waals surface area contributed by atoms with E-state index >= 15 is 0 Å². The molecule has 7 nitrogen and oxygen atoms in total. The Balaban J connectivity index is 1.57. The molecule has 0 atom stereocenters. The molecule has 0 unspecified atom stereocenters. The molecule has 1 aliphatic heterocycles. The van der Waals surface area contributed by atoms with E-state index in [9.17, 15) is 9.18 Å². The number of amides is 1. The number of hydrogen-bond acceptors (Lipinski definition) is 6. The van der Waals surface area contributed by atoms with Gasteiger partial charge in [-0.05, 0) is 24.6 Å². The number of nitrogens with zero attached hydrogens (tertiary/aromatic N) is 5. The lowest BCUT2D eigenvalue weighted by Gasteiger charge is -2.27. The van der Waals surface area contributed by atoms with Crippen molar-refractivity contribution in [3.63, 3.8) is 0 Å². The third-order valence-electron chi connectivity index (χ3n) is 4.83. The van der Waals surface area contributed by atoms with Crippen LogP contribution >= 0.6 is 11.3 Å². The molecule has 0 aliphatic carbocycles. The second-order valence-corrected chi connectivity index (χ2v) is 7.70. The molecule has 148 valence electrons. The van der Waals surface area contributed by atoms with Crippen molar-refractivity contribution >= 4 is 32.6 Å². The molecular weight excluding hydrogens is 381 g/mol. The Morgan fingerprint density at radius 3 is 2.86 bits per heavy atom. The Morgan fingerprint density at radius 2 is 2.14 bits per heavy atom. The summed E-state index contributed by atoms with van der Waals surface area (Å²) in [5.74, 6) is -0.553. The number of carbonyl (C=O) groups is 1. The third kappa shape index (κ3) is 3.91. The van der Waals surface area contributed by atoms with Crippen LogP contribution in [-0.2, 0) is 11.8 Å². The van der Waals surface area contributed by atoms with E-state index in [4.69, 9.17) is 4.74 Å². The predicted octanol–water partition coefficient (Wildman–Crippen LogP) is 2.54. The number of ether oxygens (including phenoxy) is 1. The molecule has 2 aromatic heterocycles. The number of aromatic nitrogens is 3. The molecule has 1 aliphatic rings. The summed E-state index contributed by atoms with van der Waals surface area (Å²) in [7, 11) is 1.73. The predicted molar refractivity (Wildman–Crippen MR) is 106 cm³/mol. The van der Waals surface area contributed by atoms with Crippen LogP contribution in [0.4, 0.5) is 9.52 Å². The number of rotatable bonds is 6. The van der Waals surface area contributed by atoms with Crippen molar-refractivity contribution in [2.24, 2.45) is 7.05 Å². The number of halogens is 1. The van der Waals surface area contributed by atoms with Crippen LogP contribution in [0.25, 0.3) is 10.2 Å². The second kappa shape index (κ2) is 8.34. The van der Waals surface area contributed by atoms with Crippen molar-refractivity contribution in [2.75, 3.05) is 44.3 Å². The lowest BCUT2D eigenvalue weighted by atomic mass is 10.3. The van der Waals surface area contributed by atoms with Crippen LogP contribution in [0.1, 0.15) is 16.9 Å². The number of para-hydroxylation sites is 1. The summed E-state index contributed by atoms with van der Waals surface area (Å²) in [6, 6.07) is 6.55. The molecule has 0 spiro atoms. The van der Waals surface area contributed by atoms with Gasteiger partial charge in [0.2, 0.25) is 0 Å². The van der Waals surface area contributed by atoms with E-state index in [0.29, 0.717) is 22.9 Å². The first-order valence-corrected chi connectivity index (χ1v) is 10.1. The van der Waals surface area contributed by atoms with Crippen LogP contribution in [0.15, 0.2) is 30.5 Å². The van der Waals surface area contributed by atoms with Gasteiger partial charge in [-0.15, -0.1) is 0 Å². The quantitative estimate of drug-likeness (QED) is 0.633. The topological polar surface area (TPSA) is 63.5 Å². The van der Waals surface area contributed by atoms with Gasteiger partial charge >= 0.3 is 0 Å². The minimum Gasteiger partial charge on any atom is -0.379 e. The van der Waals surface area contributed by atoms with Gasteiger partial charge in [0.25, 0.3) is 5.91 Å². The first kappa shape index (κ1) is 19.0. The van der Waals surface area contributed by atoms with Crippen LogP contribution in [-0.4, -0.2) is 65.0 Å². The maximum Gasteiger partial charge on any atom is 0.278 e. The highest BCUT2D eigenvalue weighted by atomic mass is 32.1. The molecule has 0 N–H and O–H groups in total. The molecule has 1 saturated heterocycles. The molecule has 3 aromatic rings. The zero-order valence-electron chi connectivity index (χ0n) is 15.7. The number of thiazole rings is 1. The largest absolute Gasteiger partial charge is 0.379 e. The Morgan fingerprint density at radius 1 is 1.32 bits per heavy atom. The van der Waals surface area contributed by atoms with E-state index < -0.39 is 0 Å². The molecule has 1 fully saturated rings. The van der Waals surface area contributed by atoms with Crippen molar-refractivity contribution in [1.82, 2.24) is 19.7 Å². The summed E-state index contributed by atoms with van der Waals surface area (Å²) < 4.78 is 21.8. The average molecular weight is 403 g/mol. The Kier molecular flexibility index (Phi) is 5.65. The van der Waals surface area contributed by atoms with E-state index in [1.807, 2.05) is 6.07 Å². The van der Waals surface area contributed by atoms with Gasteiger partial charge < -0.3 is 4.74 Å². The molecule has 0 bridgehead atoms. The van der Waals surface area contributed by atoms with Crippen LogP contribution in [0.2, 0.25) is 0 Å². The molecule has 9 heteroatoms. The zero-order chi connectivity index (χ0) is 19.5. The minimum atomic E-state index is -0.374. The van der Waals surface area contributed by atoms with E-state index in [0.717, 1.165) is 44.0 Å². The van der Waals surface area contributed by atoms with Crippen molar-refractivity contribution in [2.45, 2.75) is 6.42 Å². The minimum absolute atomic E-state index is 0.179. The second-order valence-electron chi connectivity index (χ2n) is 6.69. The van der Waals surface area contributed by atoms with E-state index in [2.05, 4.69) is 15.0 Å². The average Bonchev–Trinajstić information content (AvgIpc) is 3.32. The van der Waals surface area contributed by atoms with Crippen molar-refractivity contribution in [3.8, 4) is 0 Å². The SMILES string of the molecule is Cn1nccc1C(=O)N(CCCN1CCOCC1)c1nc2c(F)cccc2s1. The fraction of sp³-hybridized carbons (Fsp3) is 0.421. The zero-order valence-corrected chi connectivity index (χ0v) is 16.5. The van der Waals surface area contributed by atoms with Gasteiger partial charge in [-0.3, -0.25) is 19.3 Å². The summed E-state index contributed by atoms with van der Waals surface area (Å²) in [6.45, 7) is 4.67. The molecule has 4 rings (SSSR count). The number of fused-ring (bicyclic) bond motifs is 1. The van der Waals surface area contributed by atoms with Crippen LogP contribution < -0.4 is 4.90 Å².